The van der Waals surface area contributed by atoms with Gasteiger partial charge < -0.3 is 9.80 Å². The molecule has 0 saturated carbocycles. The number of benzene rings is 15. The van der Waals surface area contributed by atoms with Crippen molar-refractivity contribution in [3.05, 3.63) is 391 Å². The van der Waals surface area contributed by atoms with Gasteiger partial charge in [0, 0.05) is 45.0 Å². The molecule has 15 aromatic carbocycles. The zero-order valence-electron chi connectivity index (χ0n) is 58.5. The van der Waals surface area contributed by atoms with E-state index in [0.29, 0.717) is 0 Å². The maximum atomic E-state index is 2.74. The number of anilines is 6. The Hall–Kier alpha value is -12.0. The van der Waals surface area contributed by atoms with Crippen LogP contribution >= 0.6 is 0 Å². The highest BCUT2D eigenvalue weighted by Gasteiger charge is 2.50. The summed E-state index contributed by atoms with van der Waals surface area (Å²) in [6, 6.07) is 136. The van der Waals surface area contributed by atoms with Crippen LogP contribution in [0.25, 0.3) is 89.0 Å². The Morgan fingerprint density at radius 1 is 0.245 bits per heavy atom. The molecule has 0 aromatic heterocycles. The van der Waals surface area contributed by atoms with E-state index in [1.54, 1.807) is 0 Å². The topological polar surface area (TPSA) is 6.48 Å². The number of fused-ring (bicyclic) bond motifs is 7. The van der Waals surface area contributed by atoms with Crippen LogP contribution in [0, 0.1) is 0 Å². The van der Waals surface area contributed by atoms with Gasteiger partial charge in [-0.25, -0.2) is 0 Å². The van der Waals surface area contributed by atoms with Gasteiger partial charge in [-0.15, -0.1) is 0 Å². The Morgan fingerprint density at radius 3 is 1.17 bits per heavy atom. The van der Waals surface area contributed by atoms with Crippen LogP contribution in [0.4, 0.5) is 34.1 Å². The van der Waals surface area contributed by atoms with E-state index in [-0.39, 0.29) is 17.5 Å². The molecule has 3 heteroatoms. The van der Waals surface area contributed by atoms with E-state index in [4.69, 9.17) is 0 Å². The van der Waals surface area contributed by atoms with Crippen LogP contribution in [0.5, 0.6) is 0 Å². The Balaban J connectivity index is 1.05. The van der Waals surface area contributed by atoms with E-state index < -0.39 is 5.41 Å². The number of para-hydroxylation sites is 1. The molecule has 486 valence electrons. The zero-order chi connectivity index (χ0) is 68.8. The average molecular weight is 1310 g/mol. The molecule has 0 radical (unpaired) electrons. The summed E-state index contributed by atoms with van der Waals surface area (Å²) in [6.45, 7) is 13.8. The Labute approximate surface area is 601 Å². The van der Waals surface area contributed by atoms with Gasteiger partial charge in [0.1, 0.15) is 0 Å². The maximum Gasteiger partial charge on any atom is 0.252 e. The van der Waals surface area contributed by atoms with Crippen LogP contribution in [-0.4, -0.2) is 6.71 Å². The zero-order valence-corrected chi connectivity index (χ0v) is 58.5. The second-order valence-corrected chi connectivity index (χ2v) is 29.9. The normalized spacial score (nSPS) is 13.2. The van der Waals surface area contributed by atoms with Gasteiger partial charge in [-0.05, 0) is 164 Å². The Morgan fingerprint density at radius 2 is 0.647 bits per heavy atom. The van der Waals surface area contributed by atoms with Crippen molar-refractivity contribution < 1.29 is 0 Å². The molecule has 15 aromatic rings. The van der Waals surface area contributed by atoms with Crippen molar-refractivity contribution in [3.8, 4) is 89.0 Å². The van der Waals surface area contributed by atoms with Crippen molar-refractivity contribution in [2.45, 2.75) is 57.8 Å². The largest absolute Gasteiger partial charge is 0.310 e. The molecule has 2 aliphatic heterocycles. The molecule has 0 unspecified atom stereocenters. The van der Waals surface area contributed by atoms with Gasteiger partial charge in [0.05, 0.1) is 16.8 Å². The summed E-state index contributed by atoms with van der Waals surface area (Å²) in [5, 5.41) is 0. The molecule has 0 spiro atoms. The van der Waals surface area contributed by atoms with Gasteiger partial charge in [0.15, 0.2) is 0 Å². The van der Waals surface area contributed by atoms with Crippen molar-refractivity contribution in [2.75, 3.05) is 9.80 Å². The molecule has 0 bridgehead atoms. The lowest BCUT2D eigenvalue weighted by molar-refractivity contribution is 0.590. The van der Waals surface area contributed by atoms with Crippen LogP contribution < -0.4 is 26.2 Å². The first-order valence-electron chi connectivity index (χ1n) is 36.0. The fourth-order valence-corrected chi connectivity index (χ4v) is 17.0. The highest BCUT2D eigenvalue weighted by Crippen LogP contribution is 2.61. The standard InChI is InChI=1S/C99H77BN2/c1-97(2,3)75-55-52-67(53-56-75)72-54-59-89-88(62-72)100-87-58-57-78(98(4,5)6)65-90(87)102(96-84(70-38-20-10-21-39-70)60-73(66-32-14-7-15-33-66)61-85(96)71-40-22-11-23-41-71)92-64-74(63-91(94(92)100)101(89)95-80(68-34-16-8-17-35-68)48-31-49-81(95)69-36-18-9-19-37-69)79-47-30-50-83-82-46-28-29-51-86(82)99(93(79)83,76-42-24-12-25-43-76)77-44-26-13-27-45-77/h7-65H,1-6H3. The first-order valence-corrected chi connectivity index (χ1v) is 36.0. The molecular formula is C99H77BN2. The number of hydrogen-bond donors (Lipinski definition) is 0. The fourth-order valence-electron chi connectivity index (χ4n) is 17.0. The minimum atomic E-state index is -0.711. The van der Waals surface area contributed by atoms with Crippen LogP contribution in [0.1, 0.15) is 74.9 Å². The first kappa shape index (κ1) is 62.2. The molecule has 3 aliphatic rings. The van der Waals surface area contributed by atoms with Gasteiger partial charge in [-0.2, -0.15) is 0 Å². The first-order chi connectivity index (χ1) is 49.9. The van der Waals surface area contributed by atoms with Crippen molar-refractivity contribution in [1.82, 2.24) is 0 Å². The minimum Gasteiger partial charge on any atom is -0.310 e. The summed E-state index contributed by atoms with van der Waals surface area (Å²) in [7, 11) is 0. The van der Waals surface area contributed by atoms with Crippen molar-refractivity contribution in [3.63, 3.8) is 0 Å². The predicted octanol–water partition coefficient (Wildman–Crippen LogP) is 24.4. The summed E-state index contributed by atoms with van der Waals surface area (Å²) < 4.78 is 0. The van der Waals surface area contributed by atoms with Crippen molar-refractivity contribution in [1.29, 1.82) is 0 Å². The van der Waals surface area contributed by atoms with E-state index in [0.717, 1.165) is 95.3 Å². The molecule has 0 N–H and O–H groups in total. The maximum absolute atomic E-state index is 2.74. The van der Waals surface area contributed by atoms with Gasteiger partial charge in [0.25, 0.3) is 6.71 Å². The lowest BCUT2D eigenvalue weighted by atomic mass is 9.33. The van der Waals surface area contributed by atoms with Gasteiger partial charge in [0.2, 0.25) is 0 Å². The van der Waals surface area contributed by atoms with E-state index in [1.807, 2.05) is 0 Å². The molecule has 18 rings (SSSR count). The van der Waals surface area contributed by atoms with E-state index in [9.17, 15) is 0 Å². The third kappa shape index (κ3) is 10.2. The quantitative estimate of drug-likeness (QED) is 0.119. The molecule has 0 amide bonds. The van der Waals surface area contributed by atoms with Crippen LogP contribution in [0.2, 0.25) is 0 Å². The third-order valence-electron chi connectivity index (χ3n) is 21.8. The summed E-state index contributed by atoms with van der Waals surface area (Å²) in [6.07, 6.45) is 0. The lowest BCUT2D eigenvalue weighted by Crippen LogP contribution is -2.61. The summed E-state index contributed by atoms with van der Waals surface area (Å²) in [5.41, 5.74) is 35.7. The molecule has 0 fully saturated rings. The average Bonchev–Trinajstić information content (AvgIpc) is 1.13. The van der Waals surface area contributed by atoms with Gasteiger partial charge in [-0.3, -0.25) is 0 Å². The molecule has 0 atom stereocenters. The SMILES string of the molecule is CC(C)(C)c1ccc(-c2ccc3c(c2)B2c4ccc(C(C)(C)C)cc4N(c4c(-c5ccccc5)cc(-c5ccccc5)cc4-c4ccccc4)c4cc(-c5cccc6c5C(c5ccccc5)(c5ccccc5)c5ccccc5-6)cc(c42)N3c2c(-c3ccccc3)cccc2-c2ccccc2)cc1. The summed E-state index contributed by atoms with van der Waals surface area (Å²) in [4.78, 5) is 5.44. The second-order valence-electron chi connectivity index (χ2n) is 29.9. The van der Waals surface area contributed by atoms with E-state index >= 15 is 0 Å². The van der Waals surface area contributed by atoms with Crippen molar-refractivity contribution in [2.24, 2.45) is 0 Å². The minimum absolute atomic E-state index is 0.00292. The highest BCUT2D eigenvalue weighted by atomic mass is 15.2. The van der Waals surface area contributed by atoms with E-state index in [1.165, 1.54) is 77.6 Å². The summed E-state index contributed by atoms with van der Waals surface area (Å²) >= 11 is 0. The molecule has 1 aliphatic carbocycles. The molecule has 0 saturated heterocycles. The van der Waals surface area contributed by atoms with Gasteiger partial charge in [-0.1, -0.05) is 363 Å². The highest BCUT2D eigenvalue weighted by molar-refractivity contribution is 7.00. The molecule has 102 heavy (non-hydrogen) atoms. The van der Waals surface area contributed by atoms with Crippen LogP contribution in [0.15, 0.2) is 358 Å². The number of rotatable bonds is 11. The predicted molar refractivity (Wildman–Crippen MR) is 433 cm³/mol. The molecular weight excluding hydrogens is 1230 g/mol. The number of hydrogen-bond acceptors (Lipinski definition) is 2. The second kappa shape index (κ2) is 24.7. The smallest absolute Gasteiger partial charge is 0.252 e. The van der Waals surface area contributed by atoms with E-state index in [2.05, 4.69) is 409 Å². The number of nitrogens with zero attached hydrogens (tertiary/aromatic N) is 2. The lowest BCUT2D eigenvalue weighted by Gasteiger charge is -2.46. The molecule has 2 nitrogen and oxygen atoms in total. The fraction of sp³-hybridized carbons (Fsp3) is 0.0909. The van der Waals surface area contributed by atoms with Crippen LogP contribution in [0.3, 0.4) is 0 Å². The summed E-state index contributed by atoms with van der Waals surface area (Å²) in [5.74, 6) is 0. The monoisotopic (exact) mass is 1300 g/mol. The van der Waals surface area contributed by atoms with Gasteiger partial charge >= 0.3 is 0 Å². The molecule has 2 heterocycles. The Bertz CT molecular complexity index is 5520. The van der Waals surface area contributed by atoms with Crippen LogP contribution in [-0.2, 0) is 16.2 Å². The van der Waals surface area contributed by atoms with Crippen molar-refractivity contribution >= 4 is 57.2 Å². The Kier molecular flexibility index (Phi) is 15.1. The third-order valence-corrected chi connectivity index (χ3v) is 21.8.